The fraction of sp³-hybridized carbons (Fsp3) is 0.333. The Morgan fingerprint density at radius 3 is 2.62 bits per heavy atom. The van der Waals surface area contributed by atoms with Gasteiger partial charge in [-0.3, -0.25) is 0 Å². The molecule has 0 saturated heterocycles. The lowest BCUT2D eigenvalue weighted by Crippen LogP contribution is -2.42. The number of benzene rings is 1. The molecule has 0 spiro atoms. The molecule has 1 aromatic carbocycles. The van der Waals surface area contributed by atoms with Gasteiger partial charge in [0.2, 0.25) is 0 Å². The van der Waals surface area contributed by atoms with Crippen LogP contribution in [-0.4, -0.2) is 37.2 Å². The Morgan fingerprint density at radius 1 is 1.43 bits per heavy atom. The molecule has 0 radical (unpaired) electrons. The average Bonchev–Trinajstić information content (AvgIpc) is 2.40. The maximum Gasteiger partial charge on any atom is 0.326 e. The number of carbonyl (C=O) groups excluding carboxylic acids is 1. The highest BCUT2D eigenvalue weighted by atomic mass is 16.4. The molecule has 2 amide bonds. The van der Waals surface area contributed by atoms with Gasteiger partial charge < -0.3 is 20.6 Å². The molecule has 0 heterocycles. The monoisotopic (exact) mass is 291 g/mol. The quantitative estimate of drug-likeness (QED) is 0.702. The standard InChI is InChI=1S/C15H21N3O3/c1-5-6-12(14(19)20)17-15(21)16-11-8-7-10(2)13(9-11)18(3)4/h5,7-9,12H,1,6H2,2-4H3,(H,19,20)(H2,16,17,21). The first-order valence-corrected chi connectivity index (χ1v) is 6.54. The van der Waals surface area contributed by atoms with Crippen LogP contribution >= 0.6 is 0 Å². The molecule has 1 rings (SSSR count). The van der Waals surface area contributed by atoms with Gasteiger partial charge in [0.1, 0.15) is 6.04 Å². The second-order valence-corrected chi connectivity index (χ2v) is 4.91. The van der Waals surface area contributed by atoms with Gasteiger partial charge in [-0.05, 0) is 31.0 Å². The molecule has 1 aromatic rings. The summed E-state index contributed by atoms with van der Waals surface area (Å²) >= 11 is 0. The number of aliphatic carboxylic acids is 1. The number of carboxylic acids is 1. The molecular weight excluding hydrogens is 270 g/mol. The first-order chi connectivity index (χ1) is 9.85. The molecule has 0 aliphatic heterocycles. The van der Waals surface area contributed by atoms with Gasteiger partial charge >= 0.3 is 12.0 Å². The summed E-state index contributed by atoms with van der Waals surface area (Å²) in [6.45, 7) is 5.45. The Hall–Kier alpha value is -2.50. The van der Waals surface area contributed by atoms with E-state index in [-0.39, 0.29) is 6.42 Å². The van der Waals surface area contributed by atoms with Gasteiger partial charge in [-0.25, -0.2) is 9.59 Å². The number of nitrogens with one attached hydrogen (secondary N) is 2. The van der Waals surface area contributed by atoms with E-state index in [4.69, 9.17) is 5.11 Å². The van der Waals surface area contributed by atoms with Crippen molar-refractivity contribution in [1.29, 1.82) is 0 Å². The number of carboxylic acid groups (broad SMARTS) is 1. The van der Waals surface area contributed by atoms with Crippen molar-refractivity contribution in [3.05, 3.63) is 36.4 Å². The summed E-state index contributed by atoms with van der Waals surface area (Å²) in [5, 5.41) is 14.0. The number of amides is 2. The van der Waals surface area contributed by atoms with Crippen LogP contribution in [0.15, 0.2) is 30.9 Å². The average molecular weight is 291 g/mol. The van der Waals surface area contributed by atoms with Crippen LogP contribution in [0, 0.1) is 6.92 Å². The van der Waals surface area contributed by atoms with Crippen molar-refractivity contribution in [2.24, 2.45) is 0 Å². The summed E-state index contributed by atoms with van der Waals surface area (Å²) in [7, 11) is 3.83. The Morgan fingerprint density at radius 2 is 2.10 bits per heavy atom. The SMILES string of the molecule is C=CCC(NC(=O)Nc1ccc(C)c(N(C)C)c1)C(=O)O. The van der Waals surface area contributed by atoms with Crippen LogP contribution in [0.25, 0.3) is 0 Å². The first-order valence-electron chi connectivity index (χ1n) is 6.54. The van der Waals surface area contributed by atoms with Gasteiger partial charge in [0, 0.05) is 25.5 Å². The number of carbonyl (C=O) groups is 2. The van der Waals surface area contributed by atoms with Gasteiger partial charge in [-0.1, -0.05) is 12.1 Å². The van der Waals surface area contributed by atoms with Crippen LogP contribution in [-0.2, 0) is 4.79 Å². The van der Waals surface area contributed by atoms with Crippen LogP contribution in [0.4, 0.5) is 16.2 Å². The molecular formula is C15H21N3O3. The zero-order chi connectivity index (χ0) is 16.0. The Labute approximate surface area is 124 Å². The lowest BCUT2D eigenvalue weighted by atomic mass is 10.1. The molecule has 114 valence electrons. The normalized spacial score (nSPS) is 11.4. The van der Waals surface area contributed by atoms with Crippen molar-refractivity contribution < 1.29 is 14.7 Å². The lowest BCUT2D eigenvalue weighted by molar-refractivity contribution is -0.139. The molecule has 0 fully saturated rings. The minimum Gasteiger partial charge on any atom is -0.480 e. The third-order valence-electron chi connectivity index (χ3n) is 2.95. The van der Waals surface area contributed by atoms with Crippen molar-refractivity contribution in [1.82, 2.24) is 5.32 Å². The van der Waals surface area contributed by atoms with E-state index < -0.39 is 18.0 Å². The fourth-order valence-electron chi connectivity index (χ4n) is 1.88. The summed E-state index contributed by atoms with van der Waals surface area (Å²) in [6.07, 6.45) is 1.62. The minimum absolute atomic E-state index is 0.166. The van der Waals surface area contributed by atoms with Gasteiger partial charge in [-0.15, -0.1) is 6.58 Å². The summed E-state index contributed by atoms with van der Waals surface area (Å²) in [5.74, 6) is -1.09. The molecule has 6 heteroatoms. The third-order valence-corrected chi connectivity index (χ3v) is 2.95. The summed E-state index contributed by atoms with van der Waals surface area (Å²) in [6, 6.07) is 3.95. The number of hydrogen-bond donors (Lipinski definition) is 3. The smallest absolute Gasteiger partial charge is 0.326 e. The highest BCUT2D eigenvalue weighted by molar-refractivity contribution is 5.92. The number of aryl methyl sites for hydroxylation is 1. The van der Waals surface area contributed by atoms with E-state index in [0.717, 1.165) is 11.3 Å². The summed E-state index contributed by atoms with van der Waals surface area (Å²) in [4.78, 5) is 24.7. The Balaban J connectivity index is 2.76. The topological polar surface area (TPSA) is 81.7 Å². The summed E-state index contributed by atoms with van der Waals surface area (Å²) in [5.41, 5.74) is 2.67. The molecule has 0 saturated carbocycles. The van der Waals surface area contributed by atoms with Crippen LogP contribution < -0.4 is 15.5 Å². The molecule has 3 N–H and O–H groups in total. The maximum absolute atomic E-state index is 11.8. The van der Waals surface area contributed by atoms with Crippen LogP contribution in [0.5, 0.6) is 0 Å². The number of hydrogen-bond acceptors (Lipinski definition) is 3. The molecule has 1 unspecified atom stereocenters. The molecule has 0 aromatic heterocycles. The molecule has 0 bridgehead atoms. The predicted molar refractivity (Wildman–Crippen MR) is 83.9 cm³/mol. The van der Waals surface area contributed by atoms with Crippen molar-refractivity contribution in [2.75, 3.05) is 24.3 Å². The number of anilines is 2. The largest absolute Gasteiger partial charge is 0.480 e. The highest BCUT2D eigenvalue weighted by Gasteiger charge is 2.18. The number of urea groups is 1. The van der Waals surface area contributed by atoms with E-state index in [9.17, 15) is 9.59 Å². The zero-order valence-electron chi connectivity index (χ0n) is 12.5. The molecule has 21 heavy (non-hydrogen) atoms. The highest BCUT2D eigenvalue weighted by Crippen LogP contribution is 2.22. The molecule has 0 aliphatic carbocycles. The molecule has 0 aliphatic rings. The lowest BCUT2D eigenvalue weighted by Gasteiger charge is -2.18. The van der Waals surface area contributed by atoms with E-state index in [1.807, 2.05) is 38.1 Å². The van der Waals surface area contributed by atoms with Crippen molar-refractivity contribution in [3.63, 3.8) is 0 Å². The van der Waals surface area contributed by atoms with E-state index in [1.165, 1.54) is 6.08 Å². The first kappa shape index (κ1) is 16.6. The molecule has 6 nitrogen and oxygen atoms in total. The van der Waals surface area contributed by atoms with Crippen molar-refractivity contribution in [3.8, 4) is 0 Å². The molecule has 1 atom stereocenters. The van der Waals surface area contributed by atoms with Gasteiger partial charge in [-0.2, -0.15) is 0 Å². The van der Waals surface area contributed by atoms with Crippen molar-refractivity contribution in [2.45, 2.75) is 19.4 Å². The van der Waals surface area contributed by atoms with Crippen LogP contribution in [0.3, 0.4) is 0 Å². The minimum atomic E-state index is -1.09. The van der Waals surface area contributed by atoms with E-state index >= 15 is 0 Å². The zero-order valence-corrected chi connectivity index (χ0v) is 12.5. The van der Waals surface area contributed by atoms with Crippen LogP contribution in [0.1, 0.15) is 12.0 Å². The van der Waals surface area contributed by atoms with E-state index in [0.29, 0.717) is 5.69 Å². The van der Waals surface area contributed by atoms with Crippen LogP contribution in [0.2, 0.25) is 0 Å². The van der Waals surface area contributed by atoms with E-state index in [1.54, 1.807) is 6.07 Å². The summed E-state index contributed by atoms with van der Waals surface area (Å²) < 4.78 is 0. The van der Waals surface area contributed by atoms with Gasteiger partial charge in [0.15, 0.2) is 0 Å². The van der Waals surface area contributed by atoms with E-state index in [2.05, 4.69) is 17.2 Å². The Bertz CT molecular complexity index is 541. The van der Waals surface area contributed by atoms with Crippen molar-refractivity contribution >= 4 is 23.4 Å². The number of nitrogens with zero attached hydrogens (tertiary/aromatic N) is 1. The third kappa shape index (κ3) is 4.83. The van der Waals surface area contributed by atoms with Gasteiger partial charge in [0.05, 0.1) is 0 Å². The van der Waals surface area contributed by atoms with Gasteiger partial charge in [0.25, 0.3) is 0 Å². The fourth-order valence-corrected chi connectivity index (χ4v) is 1.88. The Kier molecular flexibility index (Phi) is 5.78. The predicted octanol–water partition coefficient (Wildman–Crippen LogP) is 2.21. The number of rotatable bonds is 6. The maximum atomic E-state index is 11.8. The second kappa shape index (κ2) is 7.33. The second-order valence-electron chi connectivity index (χ2n) is 4.91.